The van der Waals surface area contributed by atoms with Crippen molar-refractivity contribution in [2.24, 2.45) is 7.05 Å². The number of amides is 2. The van der Waals surface area contributed by atoms with Crippen LogP contribution >= 0.6 is 0 Å². The number of rotatable bonds is 6. The lowest BCUT2D eigenvalue weighted by atomic mass is 10.3. The Morgan fingerprint density at radius 1 is 1.26 bits per heavy atom. The Bertz CT molecular complexity index is 632. The van der Waals surface area contributed by atoms with Crippen LogP contribution in [0.4, 0.5) is 10.5 Å². The number of carbonyl (C=O) groups is 1. The van der Waals surface area contributed by atoms with Crippen molar-refractivity contribution >= 4 is 11.7 Å². The Labute approximate surface area is 137 Å². The van der Waals surface area contributed by atoms with E-state index in [4.69, 9.17) is 4.74 Å². The van der Waals surface area contributed by atoms with E-state index in [2.05, 4.69) is 5.32 Å². The zero-order chi connectivity index (χ0) is 16.8. The zero-order valence-electron chi connectivity index (χ0n) is 14.2. The van der Waals surface area contributed by atoms with Crippen molar-refractivity contribution in [2.75, 3.05) is 11.9 Å². The van der Waals surface area contributed by atoms with Gasteiger partial charge in [-0.1, -0.05) is 0 Å². The Hall–Kier alpha value is -2.43. The third kappa shape index (κ3) is 4.52. The van der Waals surface area contributed by atoms with Gasteiger partial charge in [-0.25, -0.2) is 4.79 Å². The number of carbonyl (C=O) groups excluding carboxylic acids is 1. The Balaban J connectivity index is 2.04. The van der Waals surface area contributed by atoms with Gasteiger partial charge >= 0.3 is 6.03 Å². The van der Waals surface area contributed by atoms with E-state index in [0.29, 0.717) is 13.2 Å². The standard InChI is InChI=1S/C18H25N3O2/c1-5-23-17-10-8-15(9-11-17)19-18(22)21(14(2)3)13-16-7-6-12-20(16)4/h6-12,14H,5,13H2,1-4H3,(H,19,22). The molecule has 0 saturated heterocycles. The minimum Gasteiger partial charge on any atom is -0.494 e. The fourth-order valence-corrected chi connectivity index (χ4v) is 2.32. The van der Waals surface area contributed by atoms with Crippen molar-refractivity contribution in [1.29, 1.82) is 0 Å². The third-order valence-corrected chi connectivity index (χ3v) is 3.68. The molecule has 2 aromatic rings. The van der Waals surface area contributed by atoms with Crippen LogP contribution in [0.1, 0.15) is 26.5 Å². The number of anilines is 1. The van der Waals surface area contributed by atoms with Gasteiger partial charge < -0.3 is 19.5 Å². The summed E-state index contributed by atoms with van der Waals surface area (Å²) in [5.41, 5.74) is 1.86. The van der Waals surface area contributed by atoms with Crippen LogP contribution in [-0.2, 0) is 13.6 Å². The van der Waals surface area contributed by atoms with Crippen LogP contribution < -0.4 is 10.1 Å². The predicted molar refractivity (Wildman–Crippen MR) is 92.7 cm³/mol. The first-order valence-corrected chi connectivity index (χ1v) is 7.92. The quantitative estimate of drug-likeness (QED) is 0.879. The molecule has 2 amide bonds. The van der Waals surface area contributed by atoms with Crippen molar-refractivity contribution in [3.63, 3.8) is 0 Å². The molecule has 0 aliphatic heterocycles. The summed E-state index contributed by atoms with van der Waals surface area (Å²) < 4.78 is 7.44. The molecular weight excluding hydrogens is 290 g/mol. The number of ether oxygens (including phenoxy) is 1. The van der Waals surface area contributed by atoms with Crippen molar-refractivity contribution in [2.45, 2.75) is 33.4 Å². The summed E-state index contributed by atoms with van der Waals surface area (Å²) in [7, 11) is 1.98. The third-order valence-electron chi connectivity index (χ3n) is 3.68. The van der Waals surface area contributed by atoms with Gasteiger partial charge in [0.2, 0.25) is 0 Å². The average molecular weight is 315 g/mol. The number of nitrogens with zero attached hydrogens (tertiary/aromatic N) is 2. The molecule has 5 nitrogen and oxygen atoms in total. The molecule has 2 rings (SSSR count). The molecule has 0 unspecified atom stereocenters. The summed E-state index contributed by atoms with van der Waals surface area (Å²) in [6.07, 6.45) is 1.98. The van der Waals surface area contributed by atoms with E-state index >= 15 is 0 Å². The minimum absolute atomic E-state index is 0.104. The predicted octanol–water partition coefficient (Wildman–Crippen LogP) is 3.87. The highest BCUT2D eigenvalue weighted by Crippen LogP contribution is 2.17. The van der Waals surface area contributed by atoms with Crippen LogP contribution in [0, 0.1) is 0 Å². The zero-order valence-corrected chi connectivity index (χ0v) is 14.2. The highest BCUT2D eigenvalue weighted by molar-refractivity contribution is 5.89. The molecular formula is C18H25N3O2. The first kappa shape index (κ1) is 16.9. The number of hydrogen-bond donors (Lipinski definition) is 1. The molecule has 0 spiro atoms. The molecule has 1 aromatic heterocycles. The summed E-state index contributed by atoms with van der Waals surface area (Å²) in [5, 5.41) is 2.95. The topological polar surface area (TPSA) is 46.5 Å². The van der Waals surface area contributed by atoms with E-state index in [1.54, 1.807) is 0 Å². The van der Waals surface area contributed by atoms with Crippen LogP contribution in [0.2, 0.25) is 0 Å². The number of benzene rings is 1. The van der Waals surface area contributed by atoms with E-state index in [9.17, 15) is 4.79 Å². The number of nitrogens with one attached hydrogen (secondary N) is 1. The molecule has 0 aliphatic rings. The lowest BCUT2D eigenvalue weighted by Crippen LogP contribution is -2.39. The molecule has 0 bridgehead atoms. The SMILES string of the molecule is CCOc1ccc(NC(=O)N(Cc2cccn2C)C(C)C)cc1. The molecule has 0 radical (unpaired) electrons. The van der Waals surface area contributed by atoms with Gasteiger partial charge in [-0.05, 0) is 57.2 Å². The van der Waals surface area contributed by atoms with Gasteiger partial charge in [0.15, 0.2) is 0 Å². The van der Waals surface area contributed by atoms with Crippen molar-refractivity contribution in [3.05, 3.63) is 48.3 Å². The Kier molecular flexibility index (Phi) is 5.68. The fraction of sp³-hybridized carbons (Fsp3) is 0.389. The second-order valence-corrected chi connectivity index (χ2v) is 5.72. The first-order valence-electron chi connectivity index (χ1n) is 7.92. The maximum absolute atomic E-state index is 12.6. The summed E-state index contributed by atoms with van der Waals surface area (Å²) in [5.74, 6) is 0.801. The lowest BCUT2D eigenvalue weighted by Gasteiger charge is -2.27. The number of hydrogen-bond acceptors (Lipinski definition) is 2. The first-order chi connectivity index (χ1) is 11.0. The van der Waals surface area contributed by atoms with Crippen LogP contribution in [0.25, 0.3) is 0 Å². The smallest absolute Gasteiger partial charge is 0.322 e. The van der Waals surface area contributed by atoms with E-state index < -0.39 is 0 Å². The summed E-state index contributed by atoms with van der Waals surface area (Å²) in [6.45, 7) is 7.18. The molecule has 0 saturated carbocycles. The van der Waals surface area contributed by atoms with Gasteiger partial charge in [0, 0.05) is 30.7 Å². The molecule has 5 heteroatoms. The van der Waals surface area contributed by atoms with E-state index in [-0.39, 0.29) is 12.1 Å². The highest BCUT2D eigenvalue weighted by Gasteiger charge is 2.18. The van der Waals surface area contributed by atoms with Gasteiger partial charge in [-0.3, -0.25) is 0 Å². The average Bonchev–Trinajstić information content (AvgIpc) is 2.91. The van der Waals surface area contributed by atoms with Gasteiger partial charge in [-0.15, -0.1) is 0 Å². The largest absolute Gasteiger partial charge is 0.494 e. The molecule has 1 heterocycles. The van der Waals surface area contributed by atoms with E-state index in [0.717, 1.165) is 17.1 Å². The van der Waals surface area contributed by atoms with Crippen LogP contribution in [0.3, 0.4) is 0 Å². The minimum atomic E-state index is -0.106. The van der Waals surface area contributed by atoms with Gasteiger partial charge in [0.25, 0.3) is 0 Å². The maximum atomic E-state index is 12.6. The van der Waals surface area contributed by atoms with Gasteiger partial charge in [-0.2, -0.15) is 0 Å². The molecule has 1 N–H and O–H groups in total. The van der Waals surface area contributed by atoms with E-state index in [1.165, 1.54) is 0 Å². The summed E-state index contributed by atoms with van der Waals surface area (Å²) >= 11 is 0. The highest BCUT2D eigenvalue weighted by atomic mass is 16.5. The van der Waals surface area contributed by atoms with Gasteiger partial charge in [0.05, 0.1) is 13.2 Å². The second kappa shape index (κ2) is 7.72. The van der Waals surface area contributed by atoms with Crippen LogP contribution in [-0.4, -0.2) is 28.1 Å². The molecule has 0 atom stereocenters. The molecule has 0 aliphatic carbocycles. The van der Waals surface area contributed by atoms with Crippen LogP contribution in [0.15, 0.2) is 42.6 Å². The Morgan fingerprint density at radius 3 is 2.48 bits per heavy atom. The lowest BCUT2D eigenvalue weighted by molar-refractivity contribution is 0.192. The normalized spacial score (nSPS) is 10.7. The second-order valence-electron chi connectivity index (χ2n) is 5.72. The number of aryl methyl sites for hydroxylation is 1. The molecule has 1 aromatic carbocycles. The molecule has 0 fully saturated rings. The maximum Gasteiger partial charge on any atom is 0.322 e. The van der Waals surface area contributed by atoms with Gasteiger partial charge in [0.1, 0.15) is 5.75 Å². The Morgan fingerprint density at radius 2 is 1.96 bits per heavy atom. The van der Waals surface area contributed by atoms with Crippen molar-refractivity contribution in [1.82, 2.24) is 9.47 Å². The van der Waals surface area contributed by atoms with E-state index in [1.807, 2.05) is 79.9 Å². The number of aromatic nitrogens is 1. The fourth-order valence-electron chi connectivity index (χ4n) is 2.32. The molecule has 124 valence electrons. The van der Waals surface area contributed by atoms with Crippen molar-refractivity contribution in [3.8, 4) is 5.75 Å². The number of urea groups is 1. The van der Waals surface area contributed by atoms with Crippen LogP contribution in [0.5, 0.6) is 5.75 Å². The van der Waals surface area contributed by atoms with Crippen molar-refractivity contribution < 1.29 is 9.53 Å². The summed E-state index contributed by atoms with van der Waals surface area (Å²) in [6, 6.07) is 11.4. The summed E-state index contributed by atoms with van der Waals surface area (Å²) in [4.78, 5) is 14.4. The monoisotopic (exact) mass is 315 g/mol. The molecule has 23 heavy (non-hydrogen) atoms.